The van der Waals surface area contributed by atoms with Gasteiger partial charge in [-0.2, -0.15) is 0 Å². The van der Waals surface area contributed by atoms with Crippen molar-refractivity contribution in [2.24, 2.45) is 5.41 Å². The van der Waals surface area contributed by atoms with E-state index < -0.39 is 29.6 Å². The monoisotopic (exact) mass is 242 g/mol. The number of hydrogen-bond donors (Lipinski definition) is 1. The smallest absolute Gasteiger partial charge is 0.335 e. The first kappa shape index (κ1) is 13.7. The SMILES string of the molecule is CCOC(=O)/C=C/C(C)(C)[C@H]1C[C@H](O)C(=O)O1. The third kappa shape index (κ3) is 3.56. The lowest BCUT2D eigenvalue weighted by Crippen LogP contribution is -2.27. The summed E-state index contributed by atoms with van der Waals surface area (Å²) in [5.74, 6) is -1.03. The highest BCUT2D eigenvalue weighted by Gasteiger charge is 2.40. The van der Waals surface area contributed by atoms with E-state index in [2.05, 4.69) is 0 Å². The van der Waals surface area contributed by atoms with Crippen molar-refractivity contribution in [1.82, 2.24) is 0 Å². The molecule has 0 radical (unpaired) electrons. The van der Waals surface area contributed by atoms with Crippen LogP contribution in [0.15, 0.2) is 12.2 Å². The molecule has 0 bridgehead atoms. The highest BCUT2D eigenvalue weighted by atomic mass is 16.6. The number of rotatable bonds is 4. The van der Waals surface area contributed by atoms with E-state index in [9.17, 15) is 14.7 Å². The van der Waals surface area contributed by atoms with Crippen molar-refractivity contribution in [3.05, 3.63) is 12.2 Å². The summed E-state index contributed by atoms with van der Waals surface area (Å²) in [7, 11) is 0. The van der Waals surface area contributed by atoms with E-state index in [1.165, 1.54) is 6.08 Å². The summed E-state index contributed by atoms with van der Waals surface area (Å²) in [6, 6.07) is 0. The zero-order valence-electron chi connectivity index (χ0n) is 10.3. The molecule has 1 N–H and O–H groups in total. The molecule has 1 aliphatic rings. The minimum Gasteiger partial charge on any atom is -0.463 e. The van der Waals surface area contributed by atoms with Crippen molar-refractivity contribution in [1.29, 1.82) is 0 Å². The van der Waals surface area contributed by atoms with E-state index in [1.54, 1.807) is 13.0 Å². The second-order valence-electron chi connectivity index (χ2n) is 4.58. The fourth-order valence-electron chi connectivity index (χ4n) is 1.60. The number of hydrogen-bond acceptors (Lipinski definition) is 5. The van der Waals surface area contributed by atoms with Gasteiger partial charge in [0, 0.05) is 17.9 Å². The lowest BCUT2D eigenvalue weighted by atomic mass is 9.84. The molecule has 96 valence electrons. The third-order valence-corrected chi connectivity index (χ3v) is 2.73. The lowest BCUT2D eigenvalue weighted by molar-refractivity contribution is -0.149. The van der Waals surface area contributed by atoms with Gasteiger partial charge in [-0.1, -0.05) is 19.9 Å². The predicted octanol–water partition coefficient (Wildman–Crippen LogP) is 0.808. The summed E-state index contributed by atoms with van der Waals surface area (Å²) in [4.78, 5) is 22.3. The van der Waals surface area contributed by atoms with Crippen LogP contribution in [0.2, 0.25) is 0 Å². The van der Waals surface area contributed by atoms with E-state index in [1.807, 2.05) is 13.8 Å². The molecule has 0 aromatic heterocycles. The fraction of sp³-hybridized carbons (Fsp3) is 0.667. The molecule has 0 unspecified atom stereocenters. The number of cyclic esters (lactones) is 1. The van der Waals surface area contributed by atoms with Crippen molar-refractivity contribution in [2.45, 2.75) is 39.4 Å². The molecule has 5 heteroatoms. The van der Waals surface area contributed by atoms with Gasteiger partial charge in [0.25, 0.3) is 0 Å². The van der Waals surface area contributed by atoms with Gasteiger partial charge in [-0.3, -0.25) is 0 Å². The number of ether oxygens (including phenoxy) is 2. The molecule has 5 nitrogen and oxygen atoms in total. The molecule has 0 amide bonds. The van der Waals surface area contributed by atoms with E-state index in [0.29, 0.717) is 6.61 Å². The van der Waals surface area contributed by atoms with Crippen molar-refractivity contribution in [3.8, 4) is 0 Å². The molecular formula is C12H18O5. The van der Waals surface area contributed by atoms with Crippen molar-refractivity contribution in [2.75, 3.05) is 6.61 Å². The molecule has 0 aromatic rings. The van der Waals surface area contributed by atoms with Gasteiger partial charge in [-0.15, -0.1) is 0 Å². The van der Waals surface area contributed by atoms with Crippen molar-refractivity contribution >= 4 is 11.9 Å². The van der Waals surface area contributed by atoms with Gasteiger partial charge in [-0.05, 0) is 6.92 Å². The van der Waals surface area contributed by atoms with E-state index in [4.69, 9.17) is 9.47 Å². The molecule has 0 aliphatic carbocycles. The molecule has 0 aromatic carbocycles. The van der Waals surface area contributed by atoms with Crippen LogP contribution in [0.25, 0.3) is 0 Å². The number of aliphatic hydroxyl groups excluding tert-OH is 1. The van der Waals surface area contributed by atoms with Gasteiger partial charge in [0.05, 0.1) is 6.61 Å². The second kappa shape index (κ2) is 5.31. The van der Waals surface area contributed by atoms with Crippen LogP contribution in [0.3, 0.4) is 0 Å². The summed E-state index contributed by atoms with van der Waals surface area (Å²) in [5, 5.41) is 9.30. The fourth-order valence-corrected chi connectivity index (χ4v) is 1.60. The van der Waals surface area contributed by atoms with Gasteiger partial charge < -0.3 is 14.6 Å². The molecule has 1 heterocycles. The van der Waals surface area contributed by atoms with E-state index >= 15 is 0 Å². The molecule has 1 fully saturated rings. The number of carbonyl (C=O) groups is 2. The first-order valence-electron chi connectivity index (χ1n) is 5.61. The molecule has 0 saturated carbocycles. The number of aliphatic hydroxyl groups is 1. The Labute approximate surface area is 100 Å². The number of carbonyl (C=O) groups excluding carboxylic acids is 2. The van der Waals surface area contributed by atoms with Crippen LogP contribution in [0, 0.1) is 5.41 Å². The van der Waals surface area contributed by atoms with Crippen LogP contribution in [0.5, 0.6) is 0 Å². The average Bonchev–Trinajstić information content (AvgIpc) is 2.58. The van der Waals surface area contributed by atoms with Gasteiger partial charge in [0.2, 0.25) is 0 Å². The number of esters is 2. The van der Waals surface area contributed by atoms with Crippen LogP contribution < -0.4 is 0 Å². The van der Waals surface area contributed by atoms with Crippen LogP contribution in [0.4, 0.5) is 0 Å². The Bertz CT molecular complexity index is 332. The quantitative estimate of drug-likeness (QED) is 0.583. The normalized spacial score (nSPS) is 25.1. The maximum Gasteiger partial charge on any atom is 0.335 e. The predicted molar refractivity (Wildman–Crippen MR) is 60.1 cm³/mol. The highest BCUT2D eigenvalue weighted by molar-refractivity contribution is 5.82. The summed E-state index contributed by atoms with van der Waals surface area (Å²) in [5.41, 5.74) is -0.514. The summed E-state index contributed by atoms with van der Waals surface area (Å²) in [6.07, 6.45) is 1.73. The molecule has 1 aliphatic heterocycles. The first-order chi connectivity index (χ1) is 7.86. The van der Waals surface area contributed by atoms with Crippen LogP contribution in [0.1, 0.15) is 27.2 Å². The topological polar surface area (TPSA) is 72.8 Å². The molecule has 0 spiro atoms. The van der Waals surface area contributed by atoms with Gasteiger partial charge in [-0.25, -0.2) is 9.59 Å². The third-order valence-electron chi connectivity index (χ3n) is 2.73. The van der Waals surface area contributed by atoms with E-state index in [-0.39, 0.29) is 6.42 Å². The summed E-state index contributed by atoms with van der Waals surface area (Å²) in [6.45, 7) is 5.71. The average molecular weight is 242 g/mol. The van der Waals surface area contributed by atoms with Crippen LogP contribution >= 0.6 is 0 Å². The standard InChI is InChI=1S/C12H18O5/c1-4-16-10(14)5-6-12(2,3)9-7-8(13)11(15)17-9/h5-6,8-9,13H,4,7H2,1-3H3/b6-5+/t8-,9+/m0/s1. The highest BCUT2D eigenvalue weighted by Crippen LogP contribution is 2.32. The largest absolute Gasteiger partial charge is 0.463 e. The zero-order chi connectivity index (χ0) is 13.1. The Kier molecular flexibility index (Phi) is 4.28. The van der Waals surface area contributed by atoms with Crippen molar-refractivity contribution in [3.63, 3.8) is 0 Å². The Balaban J connectivity index is 2.62. The maximum atomic E-state index is 11.2. The summed E-state index contributed by atoms with van der Waals surface area (Å²) >= 11 is 0. The second-order valence-corrected chi connectivity index (χ2v) is 4.58. The molecule has 1 rings (SSSR count). The Morgan fingerprint density at radius 3 is 2.76 bits per heavy atom. The zero-order valence-corrected chi connectivity index (χ0v) is 10.3. The molecular weight excluding hydrogens is 224 g/mol. The maximum absolute atomic E-state index is 11.2. The minimum absolute atomic E-state index is 0.249. The van der Waals surface area contributed by atoms with Crippen LogP contribution in [-0.2, 0) is 19.1 Å². The van der Waals surface area contributed by atoms with Gasteiger partial charge >= 0.3 is 11.9 Å². The molecule has 1 saturated heterocycles. The minimum atomic E-state index is -1.06. The Morgan fingerprint density at radius 1 is 1.65 bits per heavy atom. The van der Waals surface area contributed by atoms with Crippen LogP contribution in [-0.4, -0.2) is 35.9 Å². The Morgan fingerprint density at radius 2 is 2.29 bits per heavy atom. The lowest BCUT2D eigenvalue weighted by Gasteiger charge is -2.26. The van der Waals surface area contributed by atoms with Crippen molar-refractivity contribution < 1.29 is 24.2 Å². The Hall–Kier alpha value is -1.36. The van der Waals surface area contributed by atoms with Gasteiger partial charge in [0.1, 0.15) is 6.10 Å². The van der Waals surface area contributed by atoms with Gasteiger partial charge in [0.15, 0.2) is 6.10 Å². The molecule has 17 heavy (non-hydrogen) atoms. The first-order valence-corrected chi connectivity index (χ1v) is 5.61. The summed E-state index contributed by atoms with van der Waals surface area (Å²) < 4.78 is 9.80. The van der Waals surface area contributed by atoms with E-state index in [0.717, 1.165) is 0 Å². The molecule has 2 atom stereocenters.